The van der Waals surface area contributed by atoms with Crippen molar-refractivity contribution < 1.29 is 4.79 Å². The zero-order valence-corrected chi connectivity index (χ0v) is 18.1. The van der Waals surface area contributed by atoms with Crippen molar-refractivity contribution in [3.63, 3.8) is 0 Å². The first-order valence-corrected chi connectivity index (χ1v) is 11.0. The molecule has 6 nitrogen and oxygen atoms in total. The first-order valence-electron chi connectivity index (χ1n) is 10.7. The fraction of sp³-hybridized carbons (Fsp3) is 0.333. The van der Waals surface area contributed by atoms with Gasteiger partial charge in [0.15, 0.2) is 5.82 Å². The van der Waals surface area contributed by atoms with E-state index in [-0.39, 0.29) is 11.9 Å². The Morgan fingerprint density at radius 1 is 1.16 bits per heavy atom. The molecular formula is C24H24ClN5O. The molecule has 158 valence electrons. The number of nitrogens with one attached hydrogen (secondary N) is 1. The van der Waals surface area contributed by atoms with E-state index < -0.39 is 0 Å². The Morgan fingerprint density at radius 2 is 2.00 bits per heavy atom. The Labute approximate surface area is 186 Å². The zero-order valence-electron chi connectivity index (χ0n) is 17.3. The summed E-state index contributed by atoms with van der Waals surface area (Å²) < 4.78 is 0. The van der Waals surface area contributed by atoms with E-state index in [0.29, 0.717) is 34.9 Å². The largest absolute Gasteiger partial charge is 0.368 e. The lowest BCUT2D eigenvalue weighted by molar-refractivity contribution is 0.0604. The number of aryl methyl sites for hydroxylation is 1. The third-order valence-corrected chi connectivity index (χ3v) is 6.42. The minimum atomic E-state index is 0.0641. The van der Waals surface area contributed by atoms with Gasteiger partial charge in [-0.3, -0.25) is 4.79 Å². The van der Waals surface area contributed by atoms with Gasteiger partial charge < -0.3 is 10.2 Å². The van der Waals surface area contributed by atoms with Crippen LogP contribution in [0.5, 0.6) is 0 Å². The Balaban J connectivity index is 1.43. The topological polar surface area (TPSA) is 71.0 Å². The highest BCUT2D eigenvalue weighted by Crippen LogP contribution is 2.46. The quantitative estimate of drug-likeness (QED) is 0.636. The summed E-state index contributed by atoms with van der Waals surface area (Å²) in [6.07, 6.45) is 8.28. The first kappa shape index (κ1) is 19.9. The van der Waals surface area contributed by atoms with Gasteiger partial charge >= 0.3 is 0 Å². The van der Waals surface area contributed by atoms with Gasteiger partial charge in [0.05, 0.1) is 10.6 Å². The van der Waals surface area contributed by atoms with Crippen LogP contribution in [0, 0.1) is 12.8 Å². The van der Waals surface area contributed by atoms with Crippen LogP contribution in [-0.2, 0) is 0 Å². The van der Waals surface area contributed by atoms with E-state index in [0.717, 1.165) is 36.2 Å². The third-order valence-electron chi connectivity index (χ3n) is 6.20. The van der Waals surface area contributed by atoms with Crippen LogP contribution in [0.25, 0.3) is 11.4 Å². The summed E-state index contributed by atoms with van der Waals surface area (Å²) in [4.78, 5) is 29.0. The normalized spacial score (nSPS) is 22.0. The minimum Gasteiger partial charge on any atom is -0.368 e. The lowest BCUT2D eigenvalue weighted by Gasteiger charge is -2.36. The summed E-state index contributed by atoms with van der Waals surface area (Å²) in [5.41, 5.74) is 2.51. The van der Waals surface area contributed by atoms with Crippen LogP contribution in [-0.4, -0.2) is 44.4 Å². The van der Waals surface area contributed by atoms with Gasteiger partial charge in [0.1, 0.15) is 5.82 Å². The SMILES string of the molecule is Cc1ccc(-c2ncccn2)c(C(=O)N2[C@H](CNc3ccc(Cl)cn3)CC[C@@H]3C[C@@H]32)c1. The number of benzene rings is 1. The molecule has 2 aliphatic rings. The molecule has 2 fully saturated rings. The molecule has 1 saturated heterocycles. The van der Waals surface area contributed by atoms with E-state index in [1.807, 2.05) is 37.3 Å². The Bertz CT molecular complexity index is 1090. The van der Waals surface area contributed by atoms with Crippen LogP contribution >= 0.6 is 11.6 Å². The third kappa shape index (κ3) is 4.12. The van der Waals surface area contributed by atoms with Gasteiger partial charge in [-0.1, -0.05) is 29.3 Å². The molecule has 0 radical (unpaired) electrons. The van der Waals surface area contributed by atoms with Crippen LogP contribution in [0.15, 0.2) is 55.0 Å². The van der Waals surface area contributed by atoms with Crippen molar-refractivity contribution in [1.82, 2.24) is 19.9 Å². The Hall–Kier alpha value is -2.99. The number of nitrogens with zero attached hydrogens (tertiary/aromatic N) is 4. The van der Waals surface area contributed by atoms with Crippen molar-refractivity contribution in [3.8, 4) is 11.4 Å². The number of piperidine rings is 1. The number of hydrogen-bond donors (Lipinski definition) is 1. The number of halogens is 1. The van der Waals surface area contributed by atoms with E-state index in [1.54, 1.807) is 24.7 Å². The molecule has 3 atom stereocenters. The van der Waals surface area contributed by atoms with Crippen molar-refractivity contribution in [3.05, 3.63) is 71.1 Å². The maximum atomic E-state index is 13.9. The smallest absolute Gasteiger partial charge is 0.255 e. The molecule has 5 rings (SSSR count). The lowest BCUT2D eigenvalue weighted by atomic mass is 9.97. The van der Waals surface area contributed by atoms with Crippen LogP contribution in [0.2, 0.25) is 5.02 Å². The second kappa shape index (κ2) is 8.27. The highest BCUT2D eigenvalue weighted by molar-refractivity contribution is 6.30. The van der Waals surface area contributed by atoms with E-state index in [9.17, 15) is 4.79 Å². The van der Waals surface area contributed by atoms with Gasteiger partial charge in [-0.25, -0.2) is 15.0 Å². The summed E-state index contributed by atoms with van der Waals surface area (Å²) in [5.74, 6) is 2.03. The van der Waals surface area contributed by atoms with Crippen molar-refractivity contribution in [1.29, 1.82) is 0 Å². The summed E-state index contributed by atoms with van der Waals surface area (Å²) in [6, 6.07) is 11.8. The molecule has 1 aromatic carbocycles. The number of rotatable bonds is 5. The number of hydrogen-bond acceptors (Lipinski definition) is 5. The van der Waals surface area contributed by atoms with Gasteiger partial charge in [-0.15, -0.1) is 0 Å². The number of carbonyl (C=O) groups excluding carboxylic acids is 1. The number of carbonyl (C=O) groups is 1. The fourth-order valence-electron chi connectivity index (χ4n) is 4.53. The van der Waals surface area contributed by atoms with Crippen LogP contribution in [0.1, 0.15) is 35.2 Å². The number of fused-ring (bicyclic) bond motifs is 1. The lowest BCUT2D eigenvalue weighted by Crippen LogP contribution is -2.48. The summed E-state index contributed by atoms with van der Waals surface area (Å²) in [6.45, 7) is 2.67. The summed E-state index contributed by atoms with van der Waals surface area (Å²) in [5, 5.41) is 3.99. The van der Waals surface area contributed by atoms with Crippen molar-refractivity contribution in [2.75, 3.05) is 11.9 Å². The van der Waals surface area contributed by atoms with E-state index in [4.69, 9.17) is 11.6 Å². The van der Waals surface area contributed by atoms with Gasteiger partial charge in [0.25, 0.3) is 5.91 Å². The standard InChI is InChI=1S/C24H24ClN5O/c1-15-3-7-19(23-26-9-2-10-27-23)20(11-15)24(31)30-18(6-4-16-12-21(16)30)14-29-22-8-5-17(25)13-28-22/h2-3,5,7-11,13,16,18,21H,4,6,12,14H2,1H3,(H,28,29)/t16-,18+,21+/m1/s1. The highest BCUT2D eigenvalue weighted by Gasteiger charge is 2.50. The molecule has 1 aliphatic carbocycles. The molecular weight excluding hydrogens is 410 g/mol. The molecule has 1 amide bonds. The molecule has 7 heteroatoms. The Morgan fingerprint density at radius 3 is 2.77 bits per heavy atom. The predicted molar refractivity (Wildman–Crippen MR) is 121 cm³/mol. The fourth-order valence-corrected chi connectivity index (χ4v) is 4.64. The molecule has 1 N–H and O–H groups in total. The molecule has 0 spiro atoms. The van der Waals surface area contributed by atoms with Crippen molar-refractivity contribution in [2.45, 2.75) is 38.3 Å². The van der Waals surface area contributed by atoms with Crippen LogP contribution < -0.4 is 5.32 Å². The summed E-state index contributed by atoms with van der Waals surface area (Å²) >= 11 is 5.94. The number of amides is 1. The van der Waals surface area contributed by atoms with Gasteiger partial charge in [-0.05, 0) is 56.4 Å². The van der Waals surface area contributed by atoms with E-state index >= 15 is 0 Å². The number of anilines is 1. The molecule has 2 aromatic heterocycles. The number of aromatic nitrogens is 3. The second-order valence-corrected chi connectivity index (χ2v) is 8.81. The molecule has 0 bridgehead atoms. The highest BCUT2D eigenvalue weighted by atomic mass is 35.5. The zero-order chi connectivity index (χ0) is 21.4. The maximum absolute atomic E-state index is 13.9. The molecule has 1 aliphatic heterocycles. The molecule has 31 heavy (non-hydrogen) atoms. The monoisotopic (exact) mass is 433 g/mol. The maximum Gasteiger partial charge on any atom is 0.255 e. The van der Waals surface area contributed by atoms with Gasteiger partial charge in [0.2, 0.25) is 0 Å². The number of pyridine rings is 1. The van der Waals surface area contributed by atoms with Crippen molar-refractivity contribution in [2.24, 2.45) is 5.92 Å². The number of likely N-dealkylation sites (tertiary alicyclic amines) is 1. The predicted octanol–water partition coefficient (Wildman–Crippen LogP) is 4.61. The van der Waals surface area contributed by atoms with E-state index in [2.05, 4.69) is 25.2 Å². The van der Waals surface area contributed by atoms with Crippen molar-refractivity contribution >= 4 is 23.3 Å². The molecule has 3 aromatic rings. The minimum absolute atomic E-state index is 0.0641. The molecule has 0 unspecified atom stereocenters. The van der Waals surface area contributed by atoms with Gasteiger partial charge in [0, 0.05) is 42.8 Å². The van der Waals surface area contributed by atoms with Gasteiger partial charge in [-0.2, -0.15) is 0 Å². The molecule has 1 saturated carbocycles. The Kier molecular flexibility index (Phi) is 5.32. The summed E-state index contributed by atoms with van der Waals surface area (Å²) in [7, 11) is 0. The van der Waals surface area contributed by atoms with Crippen LogP contribution in [0.3, 0.4) is 0 Å². The average molecular weight is 434 g/mol. The first-order chi connectivity index (χ1) is 15.1. The van der Waals surface area contributed by atoms with E-state index in [1.165, 1.54) is 0 Å². The molecule has 3 heterocycles. The second-order valence-electron chi connectivity index (χ2n) is 8.37. The van der Waals surface area contributed by atoms with Crippen LogP contribution in [0.4, 0.5) is 5.82 Å². The average Bonchev–Trinajstić information content (AvgIpc) is 3.58.